The molecule has 0 radical (unpaired) electrons. The van der Waals surface area contributed by atoms with Gasteiger partial charge in [-0.15, -0.1) is 0 Å². The van der Waals surface area contributed by atoms with Gasteiger partial charge in [-0.2, -0.15) is 0 Å². The lowest BCUT2D eigenvalue weighted by atomic mass is 10.0. The average molecular weight is 814 g/mol. The molecule has 0 saturated heterocycles. The van der Waals surface area contributed by atoms with Gasteiger partial charge in [-0.05, 0) is 107 Å². The van der Waals surface area contributed by atoms with Gasteiger partial charge in [0.1, 0.15) is 0 Å². The summed E-state index contributed by atoms with van der Waals surface area (Å²) in [5, 5.41) is -3.49. The first-order valence-corrected chi connectivity index (χ1v) is 17.9. The minimum Gasteiger partial charge on any atom is -0.309 e. The minimum atomic E-state index is -1.16. The Morgan fingerprint density at radius 1 is 0.344 bits per heavy atom. The lowest BCUT2D eigenvalue weighted by molar-refractivity contribution is 1.07. The quantitative estimate of drug-likeness (QED) is 0.168. The first-order chi connectivity index (χ1) is 44.3. The fraction of sp³-hybridized carbons (Fsp3) is 0.0179. The fourth-order valence-electron chi connectivity index (χ4n) is 6.88. The van der Waals surface area contributed by atoms with E-state index in [4.69, 9.17) is 27.4 Å². The SMILES string of the molecule is [2H]c1c([2H])c([2H])c(-c2nc(-c3c([2H])c([2H])c(-n4c5c([2H])c([2H])c([2H])c([2H])c5c5c([2H])c(-c6c([2H])c([2H])c7c(c6[2H])c6c([2H])c([2H])c([2H])c(C)c6n7-c6c([2H])c([2H])c([2H])c([2H])c6[2H])c([2H])c([2H])c54)c([2H])c3[2H])nc(-c3c([2H])c([2H])c4c([2H])c([2H])c([2H])c([2H])c4c3[2H])n2)c([2H])c1[2H]. The molecule has 0 aliphatic heterocycles. The van der Waals surface area contributed by atoms with E-state index in [0.717, 1.165) is 4.57 Å². The molecule has 0 N–H and O–H groups in total. The zero-order chi connectivity index (χ0) is 70.0. The van der Waals surface area contributed by atoms with E-state index in [9.17, 15) is 19.2 Å². The first-order valence-electron chi connectivity index (χ1n) is 34.9. The van der Waals surface area contributed by atoms with Crippen molar-refractivity contribution in [1.29, 1.82) is 0 Å². The molecule has 3 heterocycles. The van der Waals surface area contributed by atoms with Crippen LogP contribution in [-0.4, -0.2) is 24.1 Å². The highest BCUT2D eigenvalue weighted by molar-refractivity contribution is 6.13. The van der Waals surface area contributed by atoms with Crippen molar-refractivity contribution in [3.63, 3.8) is 0 Å². The van der Waals surface area contributed by atoms with Crippen molar-refractivity contribution in [2.75, 3.05) is 0 Å². The normalized spacial score (nSPS) is 19.5. The van der Waals surface area contributed by atoms with Crippen LogP contribution in [0.2, 0.25) is 0 Å². The summed E-state index contributed by atoms with van der Waals surface area (Å²) in [6.07, 6.45) is 0. The monoisotopic (exact) mass is 814 g/mol. The van der Waals surface area contributed by atoms with Crippen LogP contribution in [0.15, 0.2) is 205 Å². The lowest BCUT2D eigenvalue weighted by Gasteiger charge is -2.11. The average Bonchev–Trinajstić information content (AvgIpc) is 1.55. The van der Waals surface area contributed by atoms with Crippen LogP contribution < -0.4 is 0 Å². The summed E-state index contributed by atoms with van der Waals surface area (Å²) >= 11 is 0. The molecular formula is C56H37N5. The van der Waals surface area contributed by atoms with E-state index in [-0.39, 0.29) is 11.1 Å². The van der Waals surface area contributed by atoms with Gasteiger partial charge in [0.05, 0.1) is 68.7 Å². The molecule has 0 aliphatic rings. The Hall–Kier alpha value is -8.15. The summed E-state index contributed by atoms with van der Waals surface area (Å²) in [4.78, 5) is 12.8. The van der Waals surface area contributed by atoms with Gasteiger partial charge in [-0.3, -0.25) is 0 Å². The van der Waals surface area contributed by atoms with Gasteiger partial charge in [0.2, 0.25) is 0 Å². The molecule has 3 aromatic heterocycles. The summed E-state index contributed by atoms with van der Waals surface area (Å²) in [5.41, 5.74) is -8.27. The second kappa shape index (κ2) is 14.0. The number of nitrogens with zero attached hydrogens (tertiary/aromatic N) is 5. The van der Waals surface area contributed by atoms with Gasteiger partial charge in [0.25, 0.3) is 0 Å². The van der Waals surface area contributed by atoms with Gasteiger partial charge in [-0.1, -0.05) is 133 Å². The summed E-state index contributed by atoms with van der Waals surface area (Å²) < 4.78 is 309. The highest BCUT2D eigenvalue weighted by atomic mass is 15.0. The number of hydrogen-bond donors (Lipinski definition) is 0. The number of aromatic nitrogens is 5. The molecule has 61 heavy (non-hydrogen) atoms. The number of benzene rings is 9. The molecule has 12 rings (SSSR count). The summed E-state index contributed by atoms with van der Waals surface area (Å²) in [7, 11) is 0. The van der Waals surface area contributed by atoms with Gasteiger partial charge in [0, 0.05) is 49.6 Å². The molecule has 0 unspecified atom stereocenters. The van der Waals surface area contributed by atoms with Gasteiger partial charge in [-0.25, -0.2) is 15.0 Å². The first kappa shape index (κ1) is 14.8. The second-order valence-corrected chi connectivity index (χ2v) is 13.1. The van der Waals surface area contributed by atoms with Crippen LogP contribution in [0.4, 0.5) is 0 Å². The smallest absolute Gasteiger partial charge is 0.164 e. The van der Waals surface area contributed by atoms with Crippen LogP contribution in [0, 0.1) is 6.92 Å². The Morgan fingerprint density at radius 3 is 1.59 bits per heavy atom. The molecule has 9 aromatic carbocycles. The second-order valence-electron chi connectivity index (χ2n) is 13.1. The maximum Gasteiger partial charge on any atom is 0.164 e. The van der Waals surface area contributed by atoms with E-state index < -0.39 is 311 Å². The van der Waals surface area contributed by atoms with Crippen LogP contribution in [-0.2, 0) is 0 Å². The maximum absolute atomic E-state index is 9.99. The molecule has 12 aromatic rings. The third kappa shape index (κ3) is 5.82. The van der Waals surface area contributed by atoms with Crippen molar-refractivity contribution in [2.45, 2.75) is 6.92 Å². The fourth-order valence-corrected chi connectivity index (χ4v) is 6.88. The molecular weight excluding hydrogens is 743 g/mol. The molecule has 5 heteroatoms. The van der Waals surface area contributed by atoms with Crippen LogP contribution in [0.1, 0.15) is 52.2 Å². The van der Waals surface area contributed by atoms with Crippen LogP contribution in [0.25, 0.3) is 111 Å². The van der Waals surface area contributed by atoms with Crippen molar-refractivity contribution in [2.24, 2.45) is 0 Å². The van der Waals surface area contributed by atoms with E-state index in [2.05, 4.69) is 15.0 Å². The van der Waals surface area contributed by atoms with Crippen molar-refractivity contribution < 1.29 is 46.6 Å². The zero-order valence-electron chi connectivity index (χ0n) is 64.7. The molecule has 0 bridgehead atoms. The predicted molar refractivity (Wildman–Crippen MR) is 252 cm³/mol. The van der Waals surface area contributed by atoms with Gasteiger partial charge >= 0.3 is 0 Å². The van der Waals surface area contributed by atoms with Crippen molar-refractivity contribution in [3.05, 3.63) is 211 Å². The summed E-state index contributed by atoms with van der Waals surface area (Å²) in [6, 6.07) is -31.6. The van der Waals surface area contributed by atoms with Crippen molar-refractivity contribution in [1.82, 2.24) is 24.1 Å². The van der Waals surface area contributed by atoms with E-state index >= 15 is 0 Å². The zero-order valence-corrected chi connectivity index (χ0v) is 30.7. The third-order valence-corrected chi connectivity index (χ3v) is 9.53. The highest BCUT2D eigenvalue weighted by Gasteiger charge is 2.18. The van der Waals surface area contributed by atoms with Crippen molar-refractivity contribution >= 4 is 54.4 Å². The van der Waals surface area contributed by atoms with Gasteiger partial charge < -0.3 is 9.13 Å². The number of para-hydroxylation sites is 3. The summed E-state index contributed by atoms with van der Waals surface area (Å²) in [6.45, 7) is 1.30. The Bertz CT molecular complexity index is 5590. The predicted octanol–water partition coefficient (Wildman–Crippen LogP) is 14.2. The maximum atomic E-state index is 9.99. The molecule has 0 aliphatic carbocycles. The number of hydrogen-bond acceptors (Lipinski definition) is 3. The molecule has 0 fully saturated rings. The molecule has 0 saturated carbocycles. The molecule has 0 amide bonds. The Balaban J connectivity index is 1.19. The van der Waals surface area contributed by atoms with Crippen LogP contribution in [0.5, 0.6) is 0 Å². The molecule has 5 nitrogen and oxygen atoms in total. The Labute approximate surface area is 400 Å². The van der Waals surface area contributed by atoms with Crippen LogP contribution in [0.3, 0.4) is 0 Å². The molecule has 286 valence electrons. The number of rotatable bonds is 6. The number of aryl methyl sites for hydroxylation is 1. The van der Waals surface area contributed by atoms with E-state index in [1.165, 1.54) is 6.92 Å². The van der Waals surface area contributed by atoms with E-state index in [1.54, 1.807) is 0 Å². The highest BCUT2D eigenvalue weighted by Crippen LogP contribution is 2.39. The minimum absolute atomic E-state index is 0.147. The molecule has 0 spiro atoms. The number of fused-ring (bicyclic) bond motifs is 7. The topological polar surface area (TPSA) is 48.5 Å². The third-order valence-electron chi connectivity index (χ3n) is 9.53. The Kier molecular flexibility index (Phi) is 3.41. The lowest BCUT2D eigenvalue weighted by Crippen LogP contribution is -2.00. The van der Waals surface area contributed by atoms with Crippen LogP contribution >= 0.6 is 0 Å². The molecule has 0 atom stereocenters. The summed E-state index contributed by atoms with van der Waals surface area (Å²) in [5.74, 6) is -2.73. The van der Waals surface area contributed by atoms with Gasteiger partial charge in [0.15, 0.2) is 17.5 Å². The largest absolute Gasteiger partial charge is 0.309 e. The van der Waals surface area contributed by atoms with E-state index in [1.807, 2.05) is 0 Å². The van der Waals surface area contributed by atoms with E-state index in [0.29, 0.717) is 4.57 Å². The standard InChI is InChI=1S/C56H37N5/c1-36-13-12-21-47-49-35-42(28-32-52(49)61(53(36)47)44-18-6-3-7-19-44)41-27-31-51-48(34-41)46-20-10-11-22-50(46)60(51)45-29-25-39(26-30-45)55-57-54(38-15-4-2-5-16-38)58-56(59-55)43-24-23-37-14-8-9-17-40(37)33-43/h2-35H,1H3/i2D,3D,4D,5D,6D,7D,8D,9D,10D,11D,12D,13D,14D,15D,16D,17D,18D,19D,20D,21D,22D,23D,24D,25D,26D,27D,28D,29D,30D,31D,32D,33D,34D,35D. The van der Waals surface area contributed by atoms with Crippen molar-refractivity contribution in [3.8, 4) is 56.7 Å². The Morgan fingerprint density at radius 2 is 0.852 bits per heavy atom.